The van der Waals surface area contributed by atoms with Crippen molar-refractivity contribution in [3.63, 3.8) is 0 Å². The molecule has 1 amide bonds. The molecule has 0 unspecified atom stereocenters. The van der Waals surface area contributed by atoms with Crippen LogP contribution in [0, 0.1) is 0 Å². The van der Waals surface area contributed by atoms with E-state index in [0.717, 1.165) is 6.42 Å². The van der Waals surface area contributed by atoms with Crippen molar-refractivity contribution in [2.45, 2.75) is 43.7 Å². The molecule has 2 rings (SSSR count). The van der Waals surface area contributed by atoms with Gasteiger partial charge >= 0.3 is 0 Å². The molecule has 0 radical (unpaired) electrons. The molecule has 0 spiro atoms. The molecule has 22 heavy (non-hydrogen) atoms. The Balaban J connectivity index is 2.15. The fraction of sp³-hybridized carbons (Fsp3) is 0.533. The highest BCUT2D eigenvalue weighted by atomic mass is 32.2. The minimum Gasteiger partial charge on any atom is -0.337 e. The summed E-state index contributed by atoms with van der Waals surface area (Å²) in [6.07, 6.45) is 0.799. The summed E-state index contributed by atoms with van der Waals surface area (Å²) in [6, 6.07) is 6.03. The fourth-order valence-electron chi connectivity index (χ4n) is 2.39. The Morgan fingerprint density at radius 3 is 2.32 bits per heavy atom. The second-order valence-electron chi connectivity index (χ2n) is 6.68. The van der Waals surface area contributed by atoms with E-state index in [2.05, 4.69) is 4.72 Å². The van der Waals surface area contributed by atoms with Crippen LogP contribution >= 0.6 is 0 Å². The summed E-state index contributed by atoms with van der Waals surface area (Å²) < 4.78 is 27.0. The van der Waals surface area contributed by atoms with Gasteiger partial charge in [0.1, 0.15) is 0 Å². The number of likely N-dealkylation sites (tertiary alicyclic amines) is 1. The van der Waals surface area contributed by atoms with Crippen LogP contribution in [0.1, 0.15) is 37.6 Å². The van der Waals surface area contributed by atoms with E-state index in [1.54, 1.807) is 37.8 Å². The summed E-state index contributed by atoms with van der Waals surface area (Å²) in [5, 5.41) is 0. The lowest BCUT2D eigenvalue weighted by molar-refractivity contribution is 0.0791. The number of amides is 1. The summed E-state index contributed by atoms with van der Waals surface area (Å²) in [4.78, 5) is 14.1. The van der Waals surface area contributed by atoms with E-state index in [1.165, 1.54) is 12.1 Å². The predicted molar refractivity (Wildman–Crippen MR) is 85.0 cm³/mol. The molecule has 0 saturated carbocycles. The molecule has 6 nitrogen and oxygen atoms in total. The first-order valence-electron chi connectivity index (χ1n) is 7.27. The van der Waals surface area contributed by atoms with Gasteiger partial charge in [0.25, 0.3) is 5.91 Å². The lowest BCUT2D eigenvalue weighted by Gasteiger charge is -2.20. The standard InChI is InChI=1S/C15H23N3O3S/c1-15(2,3)17-22(20,21)13-6-4-11(5-7-13)14(19)18-9-8-12(16)10-18/h4-7,12,17H,8-10,16H2,1-3H3/t12-/m1/s1. The van der Waals surface area contributed by atoms with Crippen LogP contribution in [0.3, 0.4) is 0 Å². The van der Waals surface area contributed by atoms with Gasteiger partial charge in [-0.15, -0.1) is 0 Å². The van der Waals surface area contributed by atoms with E-state index in [4.69, 9.17) is 5.73 Å². The van der Waals surface area contributed by atoms with E-state index < -0.39 is 15.6 Å². The Morgan fingerprint density at radius 1 is 1.27 bits per heavy atom. The molecule has 0 aliphatic carbocycles. The van der Waals surface area contributed by atoms with Crippen LogP contribution in [0.2, 0.25) is 0 Å². The lowest BCUT2D eigenvalue weighted by Crippen LogP contribution is -2.40. The normalized spacial score (nSPS) is 19.5. The number of benzene rings is 1. The number of rotatable bonds is 3. The highest BCUT2D eigenvalue weighted by Crippen LogP contribution is 2.16. The first-order chi connectivity index (χ1) is 10.1. The molecule has 3 N–H and O–H groups in total. The topological polar surface area (TPSA) is 92.5 Å². The Kier molecular flexibility index (Phi) is 4.60. The Labute approximate surface area is 131 Å². The van der Waals surface area contributed by atoms with Crippen LogP contribution in [-0.2, 0) is 10.0 Å². The molecule has 0 aromatic heterocycles. The Hall–Kier alpha value is -1.44. The van der Waals surface area contributed by atoms with Gasteiger partial charge < -0.3 is 10.6 Å². The van der Waals surface area contributed by atoms with E-state index in [-0.39, 0.29) is 16.8 Å². The summed E-state index contributed by atoms with van der Waals surface area (Å²) in [7, 11) is -3.58. The molecule has 1 fully saturated rings. The average Bonchev–Trinajstić information content (AvgIpc) is 2.82. The van der Waals surface area contributed by atoms with Crippen molar-refractivity contribution >= 4 is 15.9 Å². The average molecular weight is 325 g/mol. The molecule has 7 heteroatoms. The van der Waals surface area contributed by atoms with E-state index in [1.807, 2.05) is 0 Å². The fourth-order valence-corrected chi connectivity index (χ4v) is 3.81. The second kappa shape index (κ2) is 5.98. The number of hydrogen-bond donors (Lipinski definition) is 2. The molecule has 1 saturated heterocycles. The van der Waals surface area contributed by atoms with Gasteiger partial charge in [0.15, 0.2) is 0 Å². The SMILES string of the molecule is CC(C)(C)NS(=O)(=O)c1ccc(C(=O)N2CC[C@@H](N)C2)cc1. The highest BCUT2D eigenvalue weighted by molar-refractivity contribution is 7.89. The smallest absolute Gasteiger partial charge is 0.253 e. The van der Waals surface area contributed by atoms with Crippen molar-refractivity contribution in [1.82, 2.24) is 9.62 Å². The van der Waals surface area contributed by atoms with Crippen molar-refractivity contribution in [3.8, 4) is 0 Å². The van der Waals surface area contributed by atoms with Crippen LogP contribution in [0.4, 0.5) is 0 Å². The maximum Gasteiger partial charge on any atom is 0.253 e. The van der Waals surface area contributed by atoms with E-state index >= 15 is 0 Å². The minimum absolute atomic E-state index is 0.0274. The van der Waals surface area contributed by atoms with Gasteiger partial charge in [-0.05, 0) is 51.5 Å². The molecule has 122 valence electrons. The van der Waals surface area contributed by atoms with Crippen LogP contribution in [-0.4, -0.2) is 43.9 Å². The van der Waals surface area contributed by atoms with Gasteiger partial charge in [-0.1, -0.05) is 0 Å². The summed E-state index contributed by atoms with van der Waals surface area (Å²) in [6.45, 7) is 6.52. The molecule has 1 heterocycles. The quantitative estimate of drug-likeness (QED) is 0.865. The van der Waals surface area contributed by atoms with Crippen molar-refractivity contribution in [3.05, 3.63) is 29.8 Å². The number of nitrogens with zero attached hydrogens (tertiary/aromatic N) is 1. The first-order valence-corrected chi connectivity index (χ1v) is 8.76. The lowest BCUT2D eigenvalue weighted by atomic mass is 10.1. The van der Waals surface area contributed by atoms with Gasteiger partial charge in [-0.3, -0.25) is 4.79 Å². The summed E-state index contributed by atoms with van der Waals surface area (Å²) in [5.41, 5.74) is 5.72. The second-order valence-corrected chi connectivity index (χ2v) is 8.36. The van der Waals surface area contributed by atoms with Gasteiger partial charge in [0.2, 0.25) is 10.0 Å². The van der Waals surface area contributed by atoms with Crippen molar-refractivity contribution in [1.29, 1.82) is 0 Å². The zero-order valence-electron chi connectivity index (χ0n) is 13.2. The molecule has 1 aliphatic heterocycles. The third kappa shape index (κ3) is 4.06. The van der Waals surface area contributed by atoms with Crippen LogP contribution < -0.4 is 10.5 Å². The third-order valence-corrected chi connectivity index (χ3v) is 5.14. The van der Waals surface area contributed by atoms with Crippen LogP contribution in [0.25, 0.3) is 0 Å². The number of hydrogen-bond acceptors (Lipinski definition) is 4. The number of nitrogens with one attached hydrogen (secondary N) is 1. The molecule has 1 aliphatic rings. The predicted octanol–water partition coefficient (Wildman–Crippen LogP) is 0.937. The van der Waals surface area contributed by atoms with Crippen LogP contribution in [0.5, 0.6) is 0 Å². The largest absolute Gasteiger partial charge is 0.337 e. The third-order valence-electron chi connectivity index (χ3n) is 3.36. The maximum absolute atomic E-state index is 12.3. The molecule has 1 atom stereocenters. The van der Waals surface area contributed by atoms with Gasteiger partial charge in [0.05, 0.1) is 4.90 Å². The number of sulfonamides is 1. The number of carbonyl (C=O) groups excluding carboxylic acids is 1. The Morgan fingerprint density at radius 2 is 1.86 bits per heavy atom. The molecule has 1 aromatic rings. The van der Waals surface area contributed by atoms with Crippen molar-refractivity contribution in [2.24, 2.45) is 5.73 Å². The Bertz CT molecular complexity index is 648. The van der Waals surface area contributed by atoms with E-state index in [9.17, 15) is 13.2 Å². The maximum atomic E-state index is 12.3. The van der Waals surface area contributed by atoms with Gasteiger partial charge in [0, 0.05) is 30.2 Å². The zero-order valence-corrected chi connectivity index (χ0v) is 14.0. The summed E-state index contributed by atoms with van der Waals surface area (Å²) >= 11 is 0. The number of nitrogens with two attached hydrogens (primary N) is 1. The van der Waals surface area contributed by atoms with Gasteiger partial charge in [-0.25, -0.2) is 13.1 Å². The molecular weight excluding hydrogens is 302 g/mol. The molecule has 0 bridgehead atoms. The van der Waals surface area contributed by atoms with Crippen LogP contribution in [0.15, 0.2) is 29.2 Å². The highest BCUT2D eigenvalue weighted by Gasteiger charge is 2.25. The van der Waals surface area contributed by atoms with Crippen molar-refractivity contribution < 1.29 is 13.2 Å². The monoisotopic (exact) mass is 325 g/mol. The van der Waals surface area contributed by atoms with Gasteiger partial charge in [-0.2, -0.15) is 0 Å². The van der Waals surface area contributed by atoms with Crippen molar-refractivity contribution in [2.75, 3.05) is 13.1 Å². The number of carbonyl (C=O) groups is 1. The molecule has 1 aromatic carbocycles. The molecular formula is C15H23N3O3S. The van der Waals surface area contributed by atoms with E-state index in [0.29, 0.717) is 18.7 Å². The minimum atomic E-state index is -3.58. The zero-order chi connectivity index (χ0) is 16.5. The first kappa shape index (κ1) is 16.9. The summed E-state index contributed by atoms with van der Waals surface area (Å²) in [5.74, 6) is -0.110.